The molecule has 6 nitrogen and oxygen atoms in total. The maximum absolute atomic E-state index is 12.0. The summed E-state index contributed by atoms with van der Waals surface area (Å²) in [4.78, 5) is 12.0. The van der Waals surface area contributed by atoms with Crippen LogP contribution < -0.4 is 15.8 Å². The number of sulfonamides is 1. The highest BCUT2D eigenvalue weighted by molar-refractivity contribution is 7.91. The van der Waals surface area contributed by atoms with E-state index in [1.807, 2.05) is 0 Å². The minimum Gasteiger partial charge on any atom is -0.351 e. The molecule has 1 aromatic heterocycles. The molecule has 22 heavy (non-hydrogen) atoms. The van der Waals surface area contributed by atoms with E-state index in [2.05, 4.69) is 17.0 Å². The van der Waals surface area contributed by atoms with E-state index in [1.165, 1.54) is 13.0 Å². The van der Waals surface area contributed by atoms with Crippen LogP contribution in [-0.2, 0) is 14.8 Å². The van der Waals surface area contributed by atoms with Crippen LogP contribution in [-0.4, -0.2) is 33.0 Å². The fraction of sp³-hybridized carbons (Fsp3) is 0.615. The van der Waals surface area contributed by atoms with Crippen LogP contribution in [0.1, 0.15) is 33.1 Å². The number of unbranched alkanes of at least 4 members (excludes halogenated alkanes) is 1. The van der Waals surface area contributed by atoms with E-state index < -0.39 is 16.1 Å². The molecule has 2 atom stereocenters. The number of hydrogen-bond donors (Lipinski definition) is 3. The SMILES string of the molecule is CCCCC(CN)NC(=O)C(C)NS(=O)(=O)c1cccs1.Cl. The second-order valence-corrected chi connectivity index (χ2v) is 7.75. The van der Waals surface area contributed by atoms with Gasteiger partial charge in [-0.3, -0.25) is 4.79 Å². The van der Waals surface area contributed by atoms with Crippen LogP contribution in [0.25, 0.3) is 0 Å². The van der Waals surface area contributed by atoms with Crippen LogP contribution in [0.2, 0.25) is 0 Å². The van der Waals surface area contributed by atoms with E-state index in [0.29, 0.717) is 6.54 Å². The smallest absolute Gasteiger partial charge is 0.250 e. The minimum absolute atomic E-state index is 0. The zero-order valence-electron chi connectivity index (χ0n) is 12.7. The molecule has 0 saturated heterocycles. The molecule has 9 heteroatoms. The average Bonchev–Trinajstić information content (AvgIpc) is 2.97. The van der Waals surface area contributed by atoms with Gasteiger partial charge in [0.1, 0.15) is 4.21 Å². The predicted molar refractivity (Wildman–Crippen MR) is 91.9 cm³/mol. The Bertz CT molecular complexity index is 535. The molecule has 0 aliphatic carbocycles. The lowest BCUT2D eigenvalue weighted by Gasteiger charge is -2.20. The van der Waals surface area contributed by atoms with Crippen molar-refractivity contribution in [2.45, 2.75) is 49.4 Å². The highest BCUT2D eigenvalue weighted by Crippen LogP contribution is 2.15. The van der Waals surface area contributed by atoms with Crippen LogP contribution in [0.4, 0.5) is 0 Å². The van der Waals surface area contributed by atoms with Gasteiger partial charge in [-0.05, 0) is 24.8 Å². The summed E-state index contributed by atoms with van der Waals surface area (Å²) in [5.74, 6) is -0.360. The fourth-order valence-corrected chi connectivity index (χ4v) is 4.00. The molecule has 0 saturated carbocycles. The van der Waals surface area contributed by atoms with Crippen molar-refractivity contribution in [2.75, 3.05) is 6.54 Å². The lowest BCUT2D eigenvalue weighted by atomic mass is 10.1. The van der Waals surface area contributed by atoms with E-state index in [1.54, 1.807) is 11.4 Å². The number of thiophene rings is 1. The first-order valence-corrected chi connectivity index (χ1v) is 9.33. The largest absolute Gasteiger partial charge is 0.351 e. The maximum atomic E-state index is 12.0. The van der Waals surface area contributed by atoms with Gasteiger partial charge in [0, 0.05) is 12.6 Å². The molecular formula is C13H24ClN3O3S2. The van der Waals surface area contributed by atoms with Crippen molar-refractivity contribution in [1.29, 1.82) is 0 Å². The molecule has 128 valence electrons. The summed E-state index contributed by atoms with van der Waals surface area (Å²) >= 11 is 1.11. The third kappa shape index (κ3) is 6.62. The van der Waals surface area contributed by atoms with Crippen LogP contribution in [0, 0.1) is 0 Å². The molecule has 1 heterocycles. The number of carbonyl (C=O) groups excluding carboxylic acids is 1. The average molecular weight is 370 g/mol. The van der Waals surface area contributed by atoms with Crippen molar-refractivity contribution < 1.29 is 13.2 Å². The van der Waals surface area contributed by atoms with Crippen LogP contribution in [0.5, 0.6) is 0 Å². The quantitative estimate of drug-likeness (QED) is 0.613. The summed E-state index contributed by atoms with van der Waals surface area (Å²) in [6.45, 7) is 3.93. The number of nitrogens with two attached hydrogens (primary N) is 1. The topological polar surface area (TPSA) is 101 Å². The Labute approximate surface area is 142 Å². The van der Waals surface area contributed by atoms with Crippen molar-refractivity contribution in [3.63, 3.8) is 0 Å². The van der Waals surface area contributed by atoms with Gasteiger partial charge >= 0.3 is 0 Å². The molecule has 1 amide bonds. The van der Waals surface area contributed by atoms with Gasteiger partial charge in [0.25, 0.3) is 10.0 Å². The molecule has 0 aromatic carbocycles. The number of nitrogens with one attached hydrogen (secondary N) is 2. The van der Waals surface area contributed by atoms with E-state index in [0.717, 1.165) is 30.6 Å². The van der Waals surface area contributed by atoms with Crippen LogP contribution >= 0.6 is 23.7 Å². The van der Waals surface area contributed by atoms with E-state index in [9.17, 15) is 13.2 Å². The van der Waals surface area contributed by atoms with Crippen molar-refractivity contribution in [3.05, 3.63) is 17.5 Å². The van der Waals surface area contributed by atoms with Gasteiger partial charge in [-0.1, -0.05) is 25.8 Å². The molecular weight excluding hydrogens is 346 g/mol. The van der Waals surface area contributed by atoms with E-state index >= 15 is 0 Å². The number of halogens is 1. The Morgan fingerprint density at radius 3 is 2.64 bits per heavy atom. The van der Waals surface area contributed by atoms with Crippen LogP contribution in [0.15, 0.2) is 21.7 Å². The second kappa shape index (κ2) is 10.2. The first-order valence-electron chi connectivity index (χ1n) is 6.97. The van der Waals surface area contributed by atoms with Crippen LogP contribution in [0.3, 0.4) is 0 Å². The monoisotopic (exact) mass is 369 g/mol. The summed E-state index contributed by atoms with van der Waals surface area (Å²) in [5.41, 5.74) is 5.61. The summed E-state index contributed by atoms with van der Waals surface area (Å²) in [7, 11) is -3.64. The molecule has 0 spiro atoms. The lowest BCUT2D eigenvalue weighted by molar-refractivity contribution is -0.123. The zero-order chi connectivity index (χ0) is 15.9. The zero-order valence-corrected chi connectivity index (χ0v) is 15.2. The Hall–Kier alpha value is -0.670. The first-order chi connectivity index (χ1) is 9.90. The predicted octanol–water partition coefficient (Wildman–Crippen LogP) is 1.47. The molecule has 0 aliphatic heterocycles. The minimum atomic E-state index is -3.64. The Morgan fingerprint density at radius 1 is 1.45 bits per heavy atom. The number of rotatable bonds is 9. The van der Waals surface area contributed by atoms with Gasteiger partial charge < -0.3 is 11.1 Å². The van der Waals surface area contributed by atoms with Gasteiger partial charge in [0.2, 0.25) is 5.91 Å². The molecule has 1 rings (SSSR count). The third-order valence-corrected chi connectivity index (χ3v) is 5.96. The van der Waals surface area contributed by atoms with Gasteiger partial charge in [-0.15, -0.1) is 23.7 Å². The summed E-state index contributed by atoms with van der Waals surface area (Å²) in [6.07, 6.45) is 2.79. The number of hydrogen-bond acceptors (Lipinski definition) is 5. The summed E-state index contributed by atoms with van der Waals surface area (Å²) < 4.78 is 26.6. The van der Waals surface area contributed by atoms with Crippen molar-refractivity contribution in [2.24, 2.45) is 5.73 Å². The molecule has 0 aliphatic rings. The van der Waals surface area contributed by atoms with Crippen molar-refractivity contribution in [3.8, 4) is 0 Å². The van der Waals surface area contributed by atoms with Gasteiger partial charge in [-0.2, -0.15) is 4.72 Å². The van der Waals surface area contributed by atoms with Gasteiger partial charge in [0.05, 0.1) is 6.04 Å². The Morgan fingerprint density at radius 2 is 2.14 bits per heavy atom. The first kappa shape index (κ1) is 21.3. The fourth-order valence-electron chi connectivity index (χ4n) is 1.79. The normalized spacial score (nSPS) is 14.0. The van der Waals surface area contributed by atoms with Crippen molar-refractivity contribution >= 4 is 39.7 Å². The Balaban J connectivity index is 0.00000441. The molecule has 0 bridgehead atoms. The number of amides is 1. The number of carbonyl (C=O) groups is 1. The maximum Gasteiger partial charge on any atom is 0.250 e. The third-order valence-electron chi connectivity index (χ3n) is 3.02. The van der Waals surface area contributed by atoms with E-state index in [-0.39, 0.29) is 28.6 Å². The standard InChI is InChI=1S/C13H23N3O3S2.ClH/c1-3-4-6-11(9-14)15-13(17)10(2)16-21(18,19)12-7-5-8-20-12;/h5,7-8,10-11,16H,3-4,6,9,14H2,1-2H3,(H,15,17);1H. The summed E-state index contributed by atoms with van der Waals surface area (Å²) in [5, 5.41) is 4.46. The molecule has 0 fully saturated rings. The van der Waals surface area contributed by atoms with Gasteiger partial charge in [-0.25, -0.2) is 8.42 Å². The molecule has 2 unspecified atom stereocenters. The molecule has 4 N–H and O–H groups in total. The highest BCUT2D eigenvalue weighted by Gasteiger charge is 2.23. The van der Waals surface area contributed by atoms with Crippen molar-refractivity contribution in [1.82, 2.24) is 10.0 Å². The second-order valence-electron chi connectivity index (χ2n) is 4.86. The molecule has 0 radical (unpaired) electrons. The Kier molecular flexibility index (Phi) is 9.86. The highest BCUT2D eigenvalue weighted by atomic mass is 35.5. The van der Waals surface area contributed by atoms with Gasteiger partial charge in [0.15, 0.2) is 0 Å². The summed E-state index contributed by atoms with van der Waals surface area (Å²) in [6, 6.07) is 2.19. The van der Waals surface area contributed by atoms with E-state index in [4.69, 9.17) is 5.73 Å². The molecule has 1 aromatic rings. The lowest BCUT2D eigenvalue weighted by Crippen LogP contribution is -2.49.